The van der Waals surface area contributed by atoms with Crippen LogP contribution >= 0.6 is 27.3 Å². The number of anilines is 1. The van der Waals surface area contributed by atoms with Crippen LogP contribution in [0.1, 0.15) is 0 Å². The highest BCUT2D eigenvalue weighted by molar-refractivity contribution is 9.10. The van der Waals surface area contributed by atoms with Gasteiger partial charge in [-0.15, -0.1) is 0 Å². The molecule has 0 bridgehead atoms. The number of para-hydroxylation sites is 1. The van der Waals surface area contributed by atoms with E-state index in [9.17, 15) is 9.59 Å². The van der Waals surface area contributed by atoms with Crippen LogP contribution < -0.4 is 10.9 Å². The van der Waals surface area contributed by atoms with Gasteiger partial charge in [0.05, 0.1) is 15.9 Å². The predicted octanol–water partition coefficient (Wildman–Crippen LogP) is 3.92. The smallest absolute Gasteiger partial charge is 0.267 e. The molecule has 1 N–H and O–H groups in total. The van der Waals surface area contributed by atoms with Crippen molar-refractivity contribution in [3.63, 3.8) is 0 Å². The fourth-order valence-electron chi connectivity index (χ4n) is 2.56. The number of halogens is 1. The van der Waals surface area contributed by atoms with Crippen molar-refractivity contribution in [2.45, 2.75) is 6.54 Å². The molecular formula is C19H13BrN4O2S. The number of hydrogen-bond donors (Lipinski definition) is 1. The molecular weight excluding hydrogens is 428 g/mol. The third-order valence-corrected chi connectivity index (χ3v) is 5.32. The maximum Gasteiger partial charge on any atom is 0.267 e. The third-order valence-electron chi connectivity index (χ3n) is 3.84. The zero-order chi connectivity index (χ0) is 18.8. The van der Waals surface area contributed by atoms with Gasteiger partial charge in [0.1, 0.15) is 6.54 Å². The van der Waals surface area contributed by atoms with Crippen LogP contribution in [0.3, 0.4) is 0 Å². The molecule has 8 heteroatoms. The summed E-state index contributed by atoms with van der Waals surface area (Å²) in [6.45, 7) is -0.181. The molecule has 0 aliphatic carbocycles. The molecule has 27 heavy (non-hydrogen) atoms. The summed E-state index contributed by atoms with van der Waals surface area (Å²) in [5, 5.41) is 7.54. The van der Waals surface area contributed by atoms with Crippen LogP contribution in [0.25, 0.3) is 21.5 Å². The van der Waals surface area contributed by atoms with Crippen LogP contribution in [0.5, 0.6) is 0 Å². The lowest BCUT2D eigenvalue weighted by Crippen LogP contribution is -2.29. The van der Waals surface area contributed by atoms with E-state index in [0.717, 1.165) is 24.9 Å². The molecule has 2 heterocycles. The molecule has 134 valence electrons. The highest BCUT2D eigenvalue weighted by atomic mass is 79.9. The first kappa shape index (κ1) is 17.6. The molecule has 0 aliphatic heterocycles. The average molecular weight is 441 g/mol. The molecule has 4 rings (SSSR count). The Morgan fingerprint density at radius 3 is 2.63 bits per heavy atom. The number of carbonyl (C=O) groups excluding carboxylic acids is 1. The quantitative estimate of drug-likeness (QED) is 0.521. The first-order chi connectivity index (χ1) is 13.1. The van der Waals surface area contributed by atoms with Gasteiger partial charge in [0, 0.05) is 16.1 Å². The molecule has 0 aliphatic rings. The van der Waals surface area contributed by atoms with Crippen LogP contribution in [0.15, 0.2) is 69.9 Å². The van der Waals surface area contributed by atoms with Crippen molar-refractivity contribution in [2.75, 3.05) is 5.32 Å². The van der Waals surface area contributed by atoms with Crippen molar-refractivity contribution in [1.82, 2.24) is 14.8 Å². The highest BCUT2D eigenvalue weighted by Crippen LogP contribution is 2.25. The lowest BCUT2D eigenvalue weighted by Gasteiger charge is -2.07. The Hall–Kier alpha value is -2.84. The van der Waals surface area contributed by atoms with Gasteiger partial charge >= 0.3 is 0 Å². The fraction of sp³-hybridized carbons (Fsp3) is 0.0526. The Labute approximate surface area is 166 Å². The van der Waals surface area contributed by atoms with E-state index in [1.807, 2.05) is 48.5 Å². The van der Waals surface area contributed by atoms with E-state index in [2.05, 4.69) is 31.3 Å². The topological polar surface area (TPSA) is 76.9 Å². The van der Waals surface area contributed by atoms with Gasteiger partial charge in [-0.1, -0.05) is 51.5 Å². The molecule has 1 amide bonds. The number of hydrogen-bond acceptors (Lipinski definition) is 5. The number of amides is 1. The van der Waals surface area contributed by atoms with Crippen molar-refractivity contribution in [3.05, 3.63) is 75.5 Å². The number of aromatic nitrogens is 3. The average Bonchev–Trinajstić information content (AvgIpc) is 3.06. The maximum atomic E-state index is 12.4. The van der Waals surface area contributed by atoms with E-state index >= 15 is 0 Å². The monoisotopic (exact) mass is 440 g/mol. The Kier molecular flexibility index (Phi) is 4.83. The molecule has 4 aromatic rings. The number of nitrogens with zero attached hydrogens (tertiary/aromatic N) is 3. The van der Waals surface area contributed by atoms with Gasteiger partial charge in [0.15, 0.2) is 5.13 Å². The molecule has 0 radical (unpaired) electrons. The van der Waals surface area contributed by atoms with E-state index in [4.69, 9.17) is 0 Å². The molecule has 0 spiro atoms. The summed E-state index contributed by atoms with van der Waals surface area (Å²) < 4.78 is 3.09. The number of carbonyl (C=O) groups is 1. The number of fused-ring (bicyclic) bond motifs is 1. The zero-order valence-electron chi connectivity index (χ0n) is 13.9. The largest absolute Gasteiger partial charge is 0.300 e. The second-order valence-corrected chi connectivity index (χ2v) is 7.70. The Balaban J connectivity index is 1.54. The van der Waals surface area contributed by atoms with E-state index in [-0.39, 0.29) is 18.0 Å². The molecule has 0 fully saturated rings. The Bertz CT molecular complexity index is 1150. The predicted molar refractivity (Wildman–Crippen MR) is 110 cm³/mol. The number of rotatable bonds is 4. The summed E-state index contributed by atoms with van der Waals surface area (Å²) >= 11 is 4.77. The van der Waals surface area contributed by atoms with Crippen molar-refractivity contribution < 1.29 is 4.79 Å². The first-order valence-electron chi connectivity index (χ1n) is 8.08. The SMILES string of the molecule is O=C(Cn1nc(-c2ccc(Br)cc2)ccc1=O)Nc1nc2ccccc2s1. The van der Waals surface area contributed by atoms with Gasteiger partial charge in [-0.25, -0.2) is 9.67 Å². The van der Waals surface area contributed by atoms with Crippen LogP contribution in [-0.2, 0) is 11.3 Å². The maximum absolute atomic E-state index is 12.4. The molecule has 0 atom stereocenters. The minimum Gasteiger partial charge on any atom is -0.300 e. The summed E-state index contributed by atoms with van der Waals surface area (Å²) in [7, 11) is 0. The number of thiazole rings is 1. The van der Waals surface area contributed by atoms with Gasteiger partial charge in [-0.05, 0) is 30.3 Å². The second-order valence-electron chi connectivity index (χ2n) is 5.76. The summed E-state index contributed by atoms with van der Waals surface area (Å²) in [5.41, 5.74) is 1.97. The van der Waals surface area contributed by atoms with Crippen molar-refractivity contribution >= 4 is 48.5 Å². The van der Waals surface area contributed by atoms with Crippen LogP contribution in [-0.4, -0.2) is 20.7 Å². The fourth-order valence-corrected chi connectivity index (χ4v) is 3.70. The van der Waals surface area contributed by atoms with Gasteiger partial charge in [-0.3, -0.25) is 9.59 Å². The van der Waals surface area contributed by atoms with E-state index < -0.39 is 0 Å². The zero-order valence-corrected chi connectivity index (χ0v) is 16.3. The van der Waals surface area contributed by atoms with Gasteiger partial charge in [0.2, 0.25) is 5.91 Å². The third kappa shape index (κ3) is 3.96. The van der Waals surface area contributed by atoms with Gasteiger partial charge < -0.3 is 5.32 Å². The molecule has 2 aromatic carbocycles. The Morgan fingerprint density at radius 2 is 1.85 bits per heavy atom. The standard InChI is InChI=1S/C19H13BrN4O2S/c20-13-7-5-12(6-8-13)14-9-10-18(26)24(23-14)11-17(25)22-19-21-15-3-1-2-4-16(15)27-19/h1-10H,11H2,(H,21,22,25). The summed E-state index contributed by atoms with van der Waals surface area (Å²) in [4.78, 5) is 28.8. The molecule has 0 saturated carbocycles. The molecule has 0 unspecified atom stereocenters. The lowest BCUT2D eigenvalue weighted by atomic mass is 10.1. The molecule has 2 aromatic heterocycles. The lowest BCUT2D eigenvalue weighted by molar-refractivity contribution is -0.117. The van der Waals surface area contributed by atoms with E-state index in [1.165, 1.54) is 17.4 Å². The van der Waals surface area contributed by atoms with E-state index in [1.54, 1.807) is 6.07 Å². The summed E-state index contributed by atoms with van der Waals surface area (Å²) in [6, 6.07) is 18.3. The molecule has 6 nitrogen and oxygen atoms in total. The van der Waals surface area contributed by atoms with Crippen LogP contribution in [0.2, 0.25) is 0 Å². The normalized spacial score (nSPS) is 10.9. The first-order valence-corrected chi connectivity index (χ1v) is 9.69. The van der Waals surface area contributed by atoms with Crippen molar-refractivity contribution in [1.29, 1.82) is 0 Å². The second kappa shape index (κ2) is 7.42. The van der Waals surface area contributed by atoms with Gasteiger partial charge in [-0.2, -0.15) is 5.10 Å². The molecule has 0 saturated heterocycles. The number of benzene rings is 2. The van der Waals surface area contributed by atoms with Crippen molar-refractivity contribution in [2.24, 2.45) is 0 Å². The van der Waals surface area contributed by atoms with Crippen LogP contribution in [0.4, 0.5) is 5.13 Å². The summed E-state index contributed by atoms with van der Waals surface area (Å²) in [5.74, 6) is -0.350. The minimum absolute atomic E-state index is 0.181. The Morgan fingerprint density at radius 1 is 1.07 bits per heavy atom. The van der Waals surface area contributed by atoms with Crippen molar-refractivity contribution in [3.8, 4) is 11.3 Å². The van der Waals surface area contributed by atoms with E-state index in [0.29, 0.717) is 10.8 Å². The minimum atomic E-state index is -0.350. The summed E-state index contributed by atoms with van der Waals surface area (Å²) in [6.07, 6.45) is 0. The van der Waals surface area contributed by atoms with Crippen LogP contribution in [0, 0.1) is 0 Å². The van der Waals surface area contributed by atoms with Gasteiger partial charge in [0.25, 0.3) is 5.56 Å². The highest BCUT2D eigenvalue weighted by Gasteiger charge is 2.11. The number of nitrogens with one attached hydrogen (secondary N) is 1.